The highest BCUT2D eigenvalue weighted by molar-refractivity contribution is 5.82. The molecule has 2 rings (SSSR count). The van der Waals surface area contributed by atoms with Crippen LogP contribution in [0.4, 0.5) is 10.2 Å². The molecule has 1 fully saturated rings. The summed E-state index contributed by atoms with van der Waals surface area (Å²) < 4.78 is 14.2. The molecule has 0 saturated heterocycles. The van der Waals surface area contributed by atoms with Crippen LogP contribution < -0.4 is 5.32 Å². The number of nitrogens with zero attached hydrogens (tertiary/aromatic N) is 2. The average molecular weight is 281 g/mol. The van der Waals surface area contributed by atoms with Gasteiger partial charge >= 0.3 is 5.97 Å². The van der Waals surface area contributed by atoms with Crippen molar-refractivity contribution < 1.29 is 14.3 Å². The summed E-state index contributed by atoms with van der Waals surface area (Å²) in [4.78, 5) is 19.3. The molecule has 6 heteroatoms. The minimum atomic E-state index is -1.12. The predicted octanol–water partition coefficient (Wildman–Crippen LogP) is 2.62. The second-order valence-corrected chi connectivity index (χ2v) is 5.53. The fraction of sp³-hybridized carbons (Fsp3) is 0.643. The third kappa shape index (κ3) is 2.73. The summed E-state index contributed by atoms with van der Waals surface area (Å²) in [7, 11) is 0. The normalized spacial score (nSPS) is 26.2. The minimum absolute atomic E-state index is 0.00574. The molecule has 0 unspecified atom stereocenters. The molecule has 20 heavy (non-hydrogen) atoms. The van der Waals surface area contributed by atoms with E-state index < -0.39 is 17.3 Å². The highest BCUT2D eigenvalue weighted by Gasteiger charge is 2.42. The van der Waals surface area contributed by atoms with E-state index in [4.69, 9.17) is 0 Å². The number of nitrogens with one attached hydrogen (secondary N) is 1. The van der Waals surface area contributed by atoms with Gasteiger partial charge in [-0.15, -0.1) is 0 Å². The molecule has 0 aromatic carbocycles. The van der Waals surface area contributed by atoms with Crippen LogP contribution in [0.1, 0.15) is 45.2 Å². The number of anilines is 1. The number of carboxylic acids is 1. The first-order chi connectivity index (χ1) is 9.48. The number of hydrogen-bond donors (Lipinski definition) is 2. The largest absolute Gasteiger partial charge is 0.480 e. The van der Waals surface area contributed by atoms with Gasteiger partial charge in [0.25, 0.3) is 0 Å². The Labute approximate surface area is 117 Å². The standard InChI is InChI=1S/C14H20FN3O2/c1-3-10-11(15)12(17-8-16-10)18-14(13(19)20)6-4-9(2)5-7-14/h8-9H,3-7H2,1-2H3,(H,19,20)(H,16,17,18). The van der Waals surface area contributed by atoms with E-state index in [0.717, 1.165) is 12.8 Å². The van der Waals surface area contributed by atoms with Crippen molar-refractivity contribution in [3.63, 3.8) is 0 Å². The summed E-state index contributed by atoms with van der Waals surface area (Å²) in [6.07, 6.45) is 4.30. The number of hydrogen-bond acceptors (Lipinski definition) is 4. The zero-order valence-electron chi connectivity index (χ0n) is 11.8. The Morgan fingerprint density at radius 2 is 2.15 bits per heavy atom. The topological polar surface area (TPSA) is 75.1 Å². The molecule has 0 amide bonds. The smallest absolute Gasteiger partial charge is 0.329 e. The highest BCUT2D eigenvalue weighted by Crippen LogP contribution is 2.35. The van der Waals surface area contributed by atoms with Crippen LogP contribution in [0.2, 0.25) is 0 Å². The van der Waals surface area contributed by atoms with Gasteiger partial charge in [-0.05, 0) is 38.0 Å². The predicted molar refractivity (Wildman–Crippen MR) is 73.0 cm³/mol. The molecule has 1 aliphatic rings. The van der Waals surface area contributed by atoms with Crippen LogP contribution in [0, 0.1) is 11.7 Å². The van der Waals surface area contributed by atoms with Gasteiger partial charge in [0.05, 0.1) is 5.69 Å². The molecule has 2 N–H and O–H groups in total. The Balaban J connectivity index is 2.27. The van der Waals surface area contributed by atoms with Gasteiger partial charge in [0.2, 0.25) is 0 Å². The SMILES string of the molecule is CCc1ncnc(NC2(C(=O)O)CCC(C)CC2)c1F. The molecule has 0 radical (unpaired) electrons. The first-order valence-electron chi connectivity index (χ1n) is 6.99. The molecule has 110 valence electrons. The van der Waals surface area contributed by atoms with E-state index in [0.29, 0.717) is 30.9 Å². The highest BCUT2D eigenvalue weighted by atomic mass is 19.1. The number of aliphatic carboxylic acids is 1. The molecule has 5 nitrogen and oxygen atoms in total. The molecule has 0 aliphatic heterocycles. The van der Waals surface area contributed by atoms with E-state index in [1.165, 1.54) is 6.33 Å². The molecule has 1 aromatic rings. The van der Waals surface area contributed by atoms with Crippen molar-refractivity contribution in [2.75, 3.05) is 5.32 Å². The molecular weight excluding hydrogens is 261 g/mol. The van der Waals surface area contributed by atoms with E-state index >= 15 is 0 Å². The van der Waals surface area contributed by atoms with Crippen molar-refractivity contribution in [3.8, 4) is 0 Å². The average Bonchev–Trinajstić information content (AvgIpc) is 2.43. The maximum Gasteiger partial charge on any atom is 0.329 e. The first kappa shape index (κ1) is 14.7. The third-order valence-corrected chi connectivity index (χ3v) is 4.09. The molecule has 0 spiro atoms. The van der Waals surface area contributed by atoms with Gasteiger partial charge < -0.3 is 10.4 Å². The number of carbonyl (C=O) groups is 1. The van der Waals surface area contributed by atoms with Gasteiger partial charge in [-0.1, -0.05) is 13.8 Å². The number of rotatable bonds is 4. The summed E-state index contributed by atoms with van der Waals surface area (Å²) in [6.45, 7) is 3.90. The maximum absolute atomic E-state index is 14.2. The molecule has 0 atom stereocenters. The van der Waals surface area contributed by atoms with E-state index in [2.05, 4.69) is 22.2 Å². The number of halogens is 1. The van der Waals surface area contributed by atoms with Gasteiger partial charge in [0, 0.05) is 0 Å². The van der Waals surface area contributed by atoms with E-state index in [1.54, 1.807) is 6.92 Å². The molecular formula is C14H20FN3O2. The van der Waals surface area contributed by atoms with Crippen LogP contribution >= 0.6 is 0 Å². The summed E-state index contributed by atoms with van der Waals surface area (Å²) in [5.41, 5.74) is -0.820. The lowest BCUT2D eigenvalue weighted by Crippen LogP contribution is -2.49. The van der Waals surface area contributed by atoms with Crippen LogP contribution in [0.3, 0.4) is 0 Å². The quantitative estimate of drug-likeness (QED) is 0.887. The van der Waals surface area contributed by atoms with Crippen molar-refractivity contribution >= 4 is 11.8 Å². The minimum Gasteiger partial charge on any atom is -0.480 e. The Hall–Kier alpha value is -1.72. The van der Waals surface area contributed by atoms with Crippen molar-refractivity contribution in [1.29, 1.82) is 0 Å². The van der Waals surface area contributed by atoms with Gasteiger partial charge in [-0.2, -0.15) is 0 Å². The molecule has 1 heterocycles. The van der Waals surface area contributed by atoms with Crippen LogP contribution in [-0.2, 0) is 11.2 Å². The van der Waals surface area contributed by atoms with Crippen molar-refractivity contribution in [2.45, 2.75) is 51.5 Å². The Kier molecular flexibility index (Phi) is 4.20. The summed E-state index contributed by atoms with van der Waals surface area (Å²) in [6, 6.07) is 0. The lowest BCUT2D eigenvalue weighted by atomic mass is 9.77. The summed E-state index contributed by atoms with van der Waals surface area (Å²) >= 11 is 0. The van der Waals surface area contributed by atoms with Crippen molar-refractivity contribution in [1.82, 2.24) is 9.97 Å². The van der Waals surface area contributed by atoms with Crippen LogP contribution in [0.5, 0.6) is 0 Å². The van der Waals surface area contributed by atoms with Gasteiger partial charge in [-0.25, -0.2) is 19.2 Å². The summed E-state index contributed by atoms with van der Waals surface area (Å²) in [5.74, 6) is -0.991. The van der Waals surface area contributed by atoms with Crippen LogP contribution in [0.25, 0.3) is 0 Å². The number of aryl methyl sites for hydroxylation is 1. The van der Waals surface area contributed by atoms with Crippen LogP contribution in [0.15, 0.2) is 6.33 Å². The Morgan fingerprint density at radius 3 is 2.70 bits per heavy atom. The first-order valence-corrected chi connectivity index (χ1v) is 6.99. The Bertz CT molecular complexity index is 499. The summed E-state index contributed by atoms with van der Waals surface area (Å²) in [5, 5.41) is 12.4. The lowest BCUT2D eigenvalue weighted by Gasteiger charge is -2.36. The molecule has 1 aromatic heterocycles. The third-order valence-electron chi connectivity index (χ3n) is 4.09. The number of carboxylic acid groups (broad SMARTS) is 1. The van der Waals surface area contributed by atoms with Crippen molar-refractivity contribution in [2.24, 2.45) is 5.92 Å². The van der Waals surface area contributed by atoms with E-state index in [1.807, 2.05) is 0 Å². The van der Waals surface area contributed by atoms with Gasteiger partial charge in [0.1, 0.15) is 11.9 Å². The molecule has 1 aliphatic carbocycles. The lowest BCUT2D eigenvalue weighted by molar-refractivity contribution is -0.143. The van der Waals surface area contributed by atoms with Gasteiger partial charge in [0.15, 0.2) is 11.6 Å². The van der Waals surface area contributed by atoms with Gasteiger partial charge in [-0.3, -0.25) is 0 Å². The zero-order chi connectivity index (χ0) is 14.8. The Morgan fingerprint density at radius 1 is 1.50 bits per heavy atom. The molecule has 0 bridgehead atoms. The van der Waals surface area contributed by atoms with Crippen molar-refractivity contribution in [3.05, 3.63) is 17.8 Å². The second-order valence-electron chi connectivity index (χ2n) is 5.53. The maximum atomic E-state index is 14.2. The molecule has 1 saturated carbocycles. The monoisotopic (exact) mass is 281 g/mol. The number of aromatic nitrogens is 2. The van der Waals surface area contributed by atoms with Crippen LogP contribution in [-0.4, -0.2) is 26.6 Å². The second kappa shape index (κ2) is 5.73. The fourth-order valence-corrected chi connectivity index (χ4v) is 2.61. The van der Waals surface area contributed by atoms with E-state index in [-0.39, 0.29) is 5.82 Å². The zero-order valence-corrected chi connectivity index (χ0v) is 11.8. The fourth-order valence-electron chi connectivity index (χ4n) is 2.61. The van der Waals surface area contributed by atoms with E-state index in [9.17, 15) is 14.3 Å².